The Balaban J connectivity index is 1.27. The average Bonchev–Trinajstić information content (AvgIpc) is 3.81. The summed E-state index contributed by atoms with van der Waals surface area (Å²) in [6.45, 7) is 18.8. The van der Waals surface area contributed by atoms with E-state index in [2.05, 4.69) is 188 Å². The highest BCUT2D eigenvalue weighted by molar-refractivity contribution is 5.91. The van der Waals surface area contributed by atoms with Crippen LogP contribution in [-0.4, -0.2) is 0 Å². The highest BCUT2D eigenvalue weighted by Crippen LogP contribution is 2.58. The molecule has 1 heteroatoms. The van der Waals surface area contributed by atoms with Gasteiger partial charge in [-0.2, -0.15) is 0 Å². The molecule has 6 aromatic carbocycles. The van der Waals surface area contributed by atoms with Crippen LogP contribution in [0.4, 0.5) is 17.1 Å². The van der Waals surface area contributed by atoms with Gasteiger partial charge in [-0.25, -0.2) is 0 Å². The van der Waals surface area contributed by atoms with E-state index in [1.54, 1.807) is 0 Å². The lowest BCUT2D eigenvalue weighted by molar-refractivity contribution is 0.550. The van der Waals surface area contributed by atoms with Gasteiger partial charge in [-0.1, -0.05) is 159 Å². The van der Waals surface area contributed by atoms with Crippen molar-refractivity contribution in [3.8, 4) is 33.4 Å². The van der Waals surface area contributed by atoms with Crippen molar-refractivity contribution < 1.29 is 0 Å². The molecule has 9 rings (SSSR count). The molecule has 0 aromatic heterocycles. The van der Waals surface area contributed by atoms with Crippen molar-refractivity contribution in [1.29, 1.82) is 0 Å². The van der Waals surface area contributed by atoms with Crippen LogP contribution in [0.2, 0.25) is 0 Å². The van der Waals surface area contributed by atoms with Gasteiger partial charge in [0, 0.05) is 27.9 Å². The first-order chi connectivity index (χ1) is 25.3. The maximum Gasteiger partial charge on any atom is 0.0467 e. The monoisotopic (exact) mass is 691 g/mol. The second kappa shape index (κ2) is 11.8. The quantitative estimate of drug-likeness (QED) is 0.178. The summed E-state index contributed by atoms with van der Waals surface area (Å²) >= 11 is 0. The molecule has 3 aliphatic rings. The van der Waals surface area contributed by atoms with Crippen molar-refractivity contribution in [3.05, 3.63) is 161 Å². The molecule has 6 aromatic rings. The van der Waals surface area contributed by atoms with E-state index in [1.807, 2.05) is 0 Å². The highest BCUT2D eigenvalue weighted by atomic mass is 15.1. The summed E-state index contributed by atoms with van der Waals surface area (Å²) in [4.78, 5) is 2.56. The summed E-state index contributed by atoms with van der Waals surface area (Å²) in [5.74, 6) is 0. The minimum atomic E-state index is -0.0918. The predicted molar refractivity (Wildman–Crippen MR) is 226 cm³/mol. The lowest BCUT2D eigenvalue weighted by atomic mass is 9.76. The van der Waals surface area contributed by atoms with Crippen molar-refractivity contribution in [2.24, 2.45) is 0 Å². The van der Waals surface area contributed by atoms with Gasteiger partial charge in [0.25, 0.3) is 0 Å². The van der Waals surface area contributed by atoms with Crippen molar-refractivity contribution in [1.82, 2.24) is 0 Å². The molecule has 1 spiro atoms. The first-order valence-electron chi connectivity index (χ1n) is 19.8. The predicted octanol–water partition coefficient (Wildman–Crippen LogP) is 14.6. The van der Waals surface area contributed by atoms with Crippen LogP contribution in [-0.2, 0) is 21.7 Å². The summed E-state index contributed by atoms with van der Waals surface area (Å²) in [7, 11) is 0. The van der Waals surface area contributed by atoms with Gasteiger partial charge in [0.2, 0.25) is 0 Å². The van der Waals surface area contributed by atoms with Gasteiger partial charge in [-0.3, -0.25) is 0 Å². The molecule has 53 heavy (non-hydrogen) atoms. The molecular formula is C52H53N. The SMILES string of the molecule is CC(C)(C)c1cc(N(c2cccc(-c3cccc4c3C(C)(C)c3ccccc3-4)c2)c2ccc3c(c2)C2(CCCC2)c2ccccc2-3)cc(C(C)(C)C)c1. The Labute approximate surface area is 317 Å². The molecule has 0 N–H and O–H groups in total. The third-order valence-electron chi connectivity index (χ3n) is 12.9. The first-order valence-corrected chi connectivity index (χ1v) is 19.8. The van der Waals surface area contributed by atoms with Crippen LogP contribution in [0.25, 0.3) is 33.4 Å². The zero-order valence-corrected chi connectivity index (χ0v) is 32.9. The molecule has 0 heterocycles. The fourth-order valence-electron chi connectivity index (χ4n) is 10.1. The number of benzene rings is 6. The average molecular weight is 692 g/mol. The van der Waals surface area contributed by atoms with Gasteiger partial charge < -0.3 is 4.90 Å². The zero-order valence-electron chi connectivity index (χ0n) is 32.9. The van der Waals surface area contributed by atoms with Crippen LogP contribution in [0.5, 0.6) is 0 Å². The summed E-state index contributed by atoms with van der Waals surface area (Å²) in [5.41, 5.74) is 20.4. The molecular weight excluding hydrogens is 639 g/mol. The molecule has 3 aliphatic carbocycles. The van der Waals surface area contributed by atoms with E-state index < -0.39 is 0 Å². The van der Waals surface area contributed by atoms with Crippen molar-refractivity contribution in [3.63, 3.8) is 0 Å². The number of hydrogen-bond donors (Lipinski definition) is 0. The van der Waals surface area contributed by atoms with E-state index in [4.69, 9.17) is 0 Å². The molecule has 0 radical (unpaired) electrons. The topological polar surface area (TPSA) is 3.24 Å². The Morgan fingerprint density at radius 1 is 0.453 bits per heavy atom. The van der Waals surface area contributed by atoms with E-state index in [0.29, 0.717) is 0 Å². The molecule has 0 aliphatic heterocycles. The third-order valence-corrected chi connectivity index (χ3v) is 12.9. The molecule has 1 fully saturated rings. The largest absolute Gasteiger partial charge is 0.310 e. The second-order valence-electron chi connectivity index (χ2n) is 18.6. The fraction of sp³-hybridized carbons (Fsp3) is 0.308. The van der Waals surface area contributed by atoms with Gasteiger partial charge in [0.15, 0.2) is 0 Å². The molecule has 0 atom stereocenters. The van der Waals surface area contributed by atoms with E-state index in [1.165, 1.54) is 110 Å². The van der Waals surface area contributed by atoms with Crippen molar-refractivity contribution >= 4 is 17.1 Å². The fourth-order valence-corrected chi connectivity index (χ4v) is 10.1. The number of hydrogen-bond acceptors (Lipinski definition) is 1. The van der Waals surface area contributed by atoms with Crippen LogP contribution < -0.4 is 4.90 Å². The summed E-state index contributed by atoms with van der Waals surface area (Å²) in [5, 5.41) is 0. The van der Waals surface area contributed by atoms with E-state index in [9.17, 15) is 0 Å². The van der Waals surface area contributed by atoms with Gasteiger partial charge in [-0.15, -0.1) is 0 Å². The van der Waals surface area contributed by atoms with Crippen LogP contribution in [0, 0.1) is 0 Å². The second-order valence-corrected chi connectivity index (χ2v) is 18.6. The molecule has 0 unspecified atom stereocenters. The minimum Gasteiger partial charge on any atom is -0.310 e. The van der Waals surface area contributed by atoms with Gasteiger partial charge in [0.1, 0.15) is 0 Å². The van der Waals surface area contributed by atoms with Gasteiger partial charge in [0.05, 0.1) is 0 Å². The normalized spacial score (nSPS) is 16.3. The van der Waals surface area contributed by atoms with Crippen LogP contribution >= 0.6 is 0 Å². The third kappa shape index (κ3) is 5.25. The highest BCUT2D eigenvalue weighted by Gasteiger charge is 2.45. The number of nitrogens with zero attached hydrogens (tertiary/aromatic N) is 1. The molecule has 1 nitrogen and oxygen atoms in total. The van der Waals surface area contributed by atoms with Crippen molar-refractivity contribution in [2.75, 3.05) is 4.90 Å². The Hall–Kier alpha value is -4.88. The maximum absolute atomic E-state index is 2.56. The Morgan fingerprint density at radius 2 is 1.00 bits per heavy atom. The van der Waals surface area contributed by atoms with Crippen molar-refractivity contribution in [2.45, 2.75) is 103 Å². The maximum atomic E-state index is 2.56. The molecule has 0 amide bonds. The van der Waals surface area contributed by atoms with E-state index >= 15 is 0 Å². The van der Waals surface area contributed by atoms with Crippen LogP contribution in [0.15, 0.2) is 127 Å². The van der Waals surface area contributed by atoms with Gasteiger partial charge in [-0.05, 0) is 127 Å². The molecule has 0 saturated heterocycles. The van der Waals surface area contributed by atoms with E-state index in [-0.39, 0.29) is 21.7 Å². The Morgan fingerprint density at radius 3 is 1.68 bits per heavy atom. The number of fused-ring (bicyclic) bond motifs is 8. The van der Waals surface area contributed by atoms with E-state index in [0.717, 1.165) is 0 Å². The molecule has 266 valence electrons. The molecule has 0 bridgehead atoms. The summed E-state index contributed by atoms with van der Waals surface area (Å²) in [6.07, 6.45) is 5.02. The molecule has 1 saturated carbocycles. The first kappa shape index (κ1) is 33.9. The minimum absolute atomic E-state index is 0.00218. The Kier molecular flexibility index (Phi) is 7.56. The Bertz CT molecular complexity index is 2370. The smallest absolute Gasteiger partial charge is 0.0467 e. The summed E-state index contributed by atoms with van der Waals surface area (Å²) in [6, 6.07) is 49.2. The van der Waals surface area contributed by atoms with Gasteiger partial charge >= 0.3 is 0 Å². The summed E-state index contributed by atoms with van der Waals surface area (Å²) < 4.78 is 0. The zero-order chi connectivity index (χ0) is 36.9. The number of rotatable bonds is 4. The standard InChI is InChI=1S/C52H53N/c1-49(2,3)35-30-36(50(4,5)6)32-39(31-35)53(38-25-26-43-41-19-10-12-24-46(41)52(47(43)33-38)27-13-14-28-52)37-18-15-17-34(29-37)40-21-16-22-44-42-20-9-11-23-45(42)51(7,8)48(40)44/h9-12,15-26,29-33H,13-14,27-28H2,1-8H3. The lowest BCUT2D eigenvalue weighted by Gasteiger charge is -2.33. The number of anilines is 3. The van der Waals surface area contributed by atoms with Crippen LogP contribution in [0.3, 0.4) is 0 Å². The van der Waals surface area contributed by atoms with Crippen LogP contribution in [0.1, 0.15) is 114 Å². The lowest BCUT2D eigenvalue weighted by Crippen LogP contribution is -2.21.